The van der Waals surface area contributed by atoms with E-state index in [1.165, 1.54) is 52.0 Å². The standard InChI is InChI=1S/C36H35N3O5S/c1-4-5-6-9-19-43-30-16-15-27(20-24(30)2)34-32(36(41)44-38-18-17-37-23-38)39-31(40)22-28(33(42-3)35(39)45-34)21-26-13-10-12-25-11-7-8-14-29(25)26/h7-8,10-18,20,22-23H,4-6,9,19,21H2,1-3H3. The molecule has 0 aliphatic carbocycles. The molecule has 0 spiro atoms. The Balaban J connectivity index is 1.45. The van der Waals surface area contributed by atoms with Gasteiger partial charge in [-0.25, -0.2) is 9.78 Å². The Morgan fingerprint density at radius 2 is 1.82 bits per heavy atom. The average Bonchev–Trinajstić information content (AvgIpc) is 3.71. The number of aryl methyl sites for hydroxylation is 1. The number of fused-ring (bicyclic) bond motifs is 2. The molecule has 0 unspecified atom stereocenters. The third-order valence-electron chi connectivity index (χ3n) is 7.86. The van der Waals surface area contributed by atoms with E-state index in [-0.39, 0.29) is 11.3 Å². The minimum Gasteiger partial charge on any atom is -0.493 e. The number of unbranched alkanes of at least 4 members (excludes halogenated alkanes) is 3. The molecule has 0 saturated heterocycles. The zero-order chi connectivity index (χ0) is 31.3. The summed E-state index contributed by atoms with van der Waals surface area (Å²) in [6, 6.07) is 21.7. The van der Waals surface area contributed by atoms with E-state index in [0.29, 0.717) is 28.5 Å². The van der Waals surface area contributed by atoms with Gasteiger partial charge >= 0.3 is 5.97 Å². The number of hydrogen-bond donors (Lipinski definition) is 0. The summed E-state index contributed by atoms with van der Waals surface area (Å²) in [7, 11) is 1.59. The van der Waals surface area contributed by atoms with E-state index < -0.39 is 5.97 Å². The monoisotopic (exact) mass is 621 g/mol. The van der Waals surface area contributed by atoms with Crippen LogP contribution in [0, 0.1) is 6.92 Å². The van der Waals surface area contributed by atoms with Crippen LogP contribution < -0.4 is 19.9 Å². The number of imidazole rings is 1. The minimum absolute atomic E-state index is 0.122. The highest BCUT2D eigenvalue weighted by Crippen LogP contribution is 2.40. The third-order valence-corrected chi connectivity index (χ3v) is 9.06. The fourth-order valence-electron chi connectivity index (χ4n) is 5.65. The van der Waals surface area contributed by atoms with Crippen LogP contribution in [0.1, 0.15) is 59.8 Å². The molecule has 9 heteroatoms. The number of hydrogen-bond acceptors (Lipinski definition) is 7. The van der Waals surface area contributed by atoms with Crippen LogP contribution in [-0.2, 0) is 6.42 Å². The molecule has 8 nitrogen and oxygen atoms in total. The van der Waals surface area contributed by atoms with Crippen molar-refractivity contribution in [3.05, 3.63) is 118 Å². The highest BCUT2D eigenvalue weighted by molar-refractivity contribution is 7.21. The summed E-state index contributed by atoms with van der Waals surface area (Å²) >= 11 is 1.32. The Hall–Kier alpha value is -4.89. The maximum absolute atomic E-state index is 13.9. The Bertz CT molecular complexity index is 2020. The smallest absolute Gasteiger partial charge is 0.381 e. The van der Waals surface area contributed by atoms with Crippen LogP contribution >= 0.6 is 11.3 Å². The van der Waals surface area contributed by atoms with Crippen molar-refractivity contribution in [3.63, 3.8) is 0 Å². The van der Waals surface area contributed by atoms with Crippen molar-refractivity contribution in [2.75, 3.05) is 13.7 Å². The molecule has 0 atom stereocenters. The molecule has 0 radical (unpaired) electrons. The lowest BCUT2D eigenvalue weighted by atomic mass is 9.98. The first-order chi connectivity index (χ1) is 22.0. The Kier molecular flexibility index (Phi) is 8.98. The highest BCUT2D eigenvalue weighted by atomic mass is 32.1. The molecular weight excluding hydrogens is 586 g/mol. The van der Waals surface area contributed by atoms with E-state index in [2.05, 4.69) is 36.2 Å². The van der Waals surface area contributed by atoms with Gasteiger partial charge in [0.25, 0.3) is 5.56 Å². The SMILES string of the molecule is CCCCCCOc1ccc(-c2sc3c(OC)c(Cc4cccc5ccccc45)cc(=O)n3c2C(=O)On2ccnc2)cc1C. The number of methoxy groups -OCH3 is 1. The first-order valence-electron chi connectivity index (χ1n) is 15.1. The maximum Gasteiger partial charge on any atom is 0.381 e. The van der Waals surface area contributed by atoms with E-state index in [9.17, 15) is 9.59 Å². The molecule has 0 fully saturated rings. The van der Waals surface area contributed by atoms with Gasteiger partial charge in [-0.15, -0.1) is 11.3 Å². The zero-order valence-corrected chi connectivity index (χ0v) is 26.4. The largest absolute Gasteiger partial charge is 0.493 e. The van der Waals surface area contributed by atoms with E-state index >= 15 is 0 Å². The molecule has 0 N–H and O–H groups in total. The number of pyridine rings is 1. The highest BCUT2D eigenvalue weighted by Gasteiger charge is 2.27. The van der Waals surface area contributed by atoms with Gasteiger partial charge in [-0.3, -0.25) is 9.20 Å². The summed E-state index contributed by atoms with van der Waals surface area (Å²) in [5.74, 6) is 0.652. The van der Waals surface area contributed by atoms with Gasteiger partial charge in [-0.2, -0.15) is 4.73 Å². The predicted octanol–water partition coefficient (Wildman–Crippen LogP) is 7.51. The topological polar surface area (TPSA) is 84.1 Å². The average molecular weight is 622 g/mol. The van der Waals surface area contributed by atoms with Crippen molar-refractivity contribution in [3.8, 4) is 21.9 Å². The second-order valence-corrected chi connectivity index (χ2v) is 12.0. The van der Waals surface area contributed by atoms with Gasteiger partial charge in [-0.05, 0) is 59.0 Å². The summed E-state index contributed by atoms with van der Waals surface area (Å²) in [4.78, 5) is 38.3. The van der Waals surface area contributed by atoms with Crippen LogP contribution in [-0.4, -0.2) is 33.8 Å². The summed E-state index contributed by atoms with van der Waals surface area (Å²) in [5, 5.41) is 2.24. The molecule has 6 aromatic rings. The summed E-state index contributed by atoms with van der Waals surface area (Å²) < 4.78 is 14.6. The zero-order valence-electron chi connectivity index (χ0n) is 25.6. The summed E-state index contributed by atoms with van der Waals surface area (Å²) in [6.45, 7) is 4.82. The Morgan fingerprint density at radius 3 is 2.60 bits per heavy atom. The number of ether oxygens (including phenoxy) is 2. The lowest BCUT2D eigenvalue weighted by molar-refractivity contribution is 0.0453. The van der Waals surface area contributed by atoms with Crippen LogP contribution in [0.15, 0.2) is 90.2 Å². The number of nitrogens with zero attached hydrogens (tertiary/aromatic N) is 3. The van der Waals surface area contributed by atoms with Gasteiger partial charge in [0.2, 0.25) is 0 Å². The number of benzene rings is 3. The van der Waals surface area contributed by atoms with Gasteiger partial charge in [0, 0.05) is 24.2 Å². The molecule has 0 bridgehead atoms. The van der Waals surface area contributed by atoms with Crippen molar-refractivity contribution in [1.82, 2.24) is 14.1 Å². The van der Waals surface area contributed by atoms with Crippen molar-refractivity contribution in [1.29, 1.82) is 0 Å². The van der Waals surface area contributed by atoms with E-state index in [1.807, 2.05) is 43.3 Å². The minimum atomic E-state index is -0.686. The van der Waals surface area contributed by atoms with Crippen LogP contribution in [0.5, 0.6) is 11.5 Å². The number of thiazole rings is 1. The van der Waals surface area contributed by atoms with Gasteiger partial charge in [-0.1, -0.05) is 68.7 Å². The fraction of sp³-hybridized carbons (Fsp3) is 0.250. The second kappa shape index (κ2) is 13.4. The van der Waals surface area contributed by atoms with Crippen LogP contribution in [0.2, 0.25) is 0 Å². The fourth-order valence-corrected chi connectivity index (χ4v) is 6.94. The quantitative estimate of drug-likeness (QED) is 0.132. The molecule has 0 aliphatic rings. The van der Waals surface area contributed by atoms with Gasteiger partial charge in [0.15, 0.2) is 11.4 Å². The Morgan fingerprint density at radius 1 is 0.978 bits per heavy atom. The van der Waals surface area contributed by atoms with Gasteiger partial charge in [0.05, 0.1) is 24.8 Å². The van der Waals surface area contributed by atoms with Crippen LogP contribution in [0.4, 0.5) is 0 Å². The summed E-state index contributed by atoms with van der Waals surface area (Å²) in [5.41, 5.74) is 3.30. The van der Waals surface area contributed by atoms with Crippen molar-refractivity contribution in [2.45, 2.75) is 46.0 Å². The van der Waals surface area contributed by atoms with Gasteiger partial charge < -0.3 is 14.3 Å². The summed E-state index contributed by atoms with van der Waals surface area (Å²) in [6.07, 6.45) is 9.41. The molecule has 6 rings (SSSR count). The maximum atomic E-state index is 13.9. The van der Waals surface area contributed by atoms with E-state index in [1.54, 1.807) is 13.2 Å². The predicted molar refractivity (Wildman–Crippen MR) is 178 cm³/mol. The number of rotatable bonds is 12. The van der Waals surface area contributed by atoms with Gasteiger partial charge in [0.1, 0.15) is 16.9 Å². The van der Waals surface area contributed by atoms with E-state index in [0.717, 1.165) is 51.6 Å². The van der Waals surface area contributed by atoms with Crippen molar-refractivity contribution in [2.24, 2.45) is 0 Å². The molecule has 45 heavy (non-hydrogen) atoms. The number of carbonyl (C=O) groups is 1. The molecule has 230 valence electrons. The molecule has 0 amide bonds. The van der Waals surface area contributed by atoms with Crippen LogP contribution in [0.3, 0.4) is 0 Å². The lowest BCUT2D eigenvalue weighted by Crippen LogP contribution is -2.25. The van der Waals surface area contributed by atoms with E-state index in [4.69, 9.17) is 14.3 Å². The Labute approximate surface area is 265 Å². The number of carbonyl (C=O) groups excluding carboxylic acids is 1. The normalized spacial score (nSPS) is 11.3. The molecule has 3 heterocycles. The number of aromatic nitrogens is 3. The first-order valence-corrected chi connectivity index (χ1v) is 16.0. The molecule has 0 saturated carbocycles. The molecular formula is C36H35N3O5S. The molecule has 3 aromatic carbocycles. The molecule has 0 aliphatic heterocycles. The van der Waals surface area contributed by atoms with Crippen LogP contribution in [0.25, 0.3) is 26.0 Å². The second-order valence-electron chi connectivity index (χ2n) is 11.0. The van der Waals surface area contributed by atoms with Crippen molar-refractivity contribution < 1.29 is 19.1 Å². The molecule has 3 aromatic heterocycles. The third kappa shape index (κ3) is 6.21. The first kappa shape index (κ1) is 30.1. The van der Waals surface area contributed by atoms with Crippen molar-refractivity contribution >= 4 is 32.9 Å². The lowest BCUT2D eigenvalue weighted by Gasteiger charge is -2.12.